The number of hydrogen-bond donors (Lipinski definition) is 1. The van der Waals surface area contributed by atoms with Crippen LogP contribution in [0.5, 0.6) is 0 Å². The summed E-state index contributed by atoms with van der Waals surface area (Å²) in [6.45, 7) is 4.57. The average molecular weight is 223 g/mol. The van der Waals surface area contributed by atoms with E-state index < -0.39 is 12.1 Å². The Bertz CT molecular complexity index is 374. The number of carbonyl (C=O) groups excluding carboxylic acids is 1. The number of hydrogen-bond acceptors (Lipinski definition) is 1. The normalized spacial score (nSPS) is 11.2. The topological polar surface area (TPSA) is 29.1 Å². The Morgan fingerprint density at radius 2 is 2.12 bits per heavy atom. The van der Waals surface area contributed by atoms with Gasteiger partial charge in [-0.25, -0.2) is 4.39 Å². The molecule has 1 N–H and O–H groups in total. The summed E-state index contributed by atoms with van der Waals surface area (Å²) in [4.78, 5) is 11.7. The number of carbonyl (C=O) groups is 1. The second kappa shape index (κ2) is 5.10. The molecule has 1 rings (SSSR count). The van der Waals surface area contributed by atoms with E-state index in [-0.39, 0.29) is 5.91 Å². The molecule has 0 saturated heterocycles. The van der Waals surface area contributed by atoms with E-state index in [9.17, 15) is 9.18 Å². The van der Waals surface area contributed by atoms with Gasteiger partial charge in [-0.1, -0.05) is 19.1 Å². The van der Waals surface area contributed by atoms with E-state index in [2.05, 4.69) is 5.32 Å². The van der Waals surface area contributed by atoms with E-state index in [4.69, 9.17) is 0 Å². The van der Waals surface area contributed by atoms with Crippen LogP contribution in [0.15, 0.2) is 24.3 Å². The lowest BCUT2D eigenvalue weighted by Gasteiger charge is -2.19. The molecular weight excluding hydrogens is 205 g/mol. The lowest BCUT2D eigenvalue weighted by Crippen LogP contribution is -2.32. The number of nitrogens with one attached hydrogen (secondary N) is 1. The number of amides is 1. The predicted octanol–water partition coefficient (Wildman–Crippen LogP) is 3.18. The summed E-state index contributed by atoms with van der Waals surface area (Å²) >= 11 is 0. The van der Waals surface area contributed by atoms with Crippen molar-refractivity contribution in [2.45, 2.75) is 27.2 Å². The second-order valence-electron chi connectivity index (χ2n) is 4.53. The number of halogens is 1. The average Bonchev–Trinajstić information content (AvgIpc) is 2.29. The Hall–Kier alpha value is -1.38. The maximum Gasteiger partial charge on any atom is 0.232 e. The van der Waals surface area contributed by atoms with Crippen LogP contribution in [0.25, 0.3) is 0 Å². The first-order valence-electron chi connectivity index (χ1n) is 5.46. The summed E-state index contributed by atoms with van der Waals surface area (Å²) < 4.78 is 12.6. The fourth-order valence-electron chi connectivity index (χ4n) is 1.23. The van der Waals surface area contributed by atoms with Gasteiger partial charge in [0.05, 0.1) is 5.41 Å². The number of anilines is 1. The molecule has 88 valence electrons. The molecule has 0 aliphatic heterocycles. The van der Waals surface area contributed by atoms with Gasteiger partial charge in [-0.3, -0.25) is 4.79 Å². The lowest BCUT2D eigenvalue weighted by atomic mass is 9.94. The van der Waals surface area contributed by atoms with Crippen molar-refractivity contribution >= 4 is 11.6 Å². The first-order valence-corrected chi connectivity index (χ1v) is 5.46. The van der Waals surface area contributed by atoms with Crippen molar-refractivity contribution in [3.05, 3.63) is 29.8 Å². The summed E-state index contributed by atoms with van der Waals surface area (Å²) in [6, 6.07) is 7.60. The molecule has 0 aliphatic carbocycles. The minimum absolute atomic E-state index is 0.289. The first-order chi connectivity index (χ1) is 7.49. The molecule has 1 aromatic carbocycles. The first kappa shape index (κ1) is 12.7. The monoisotopic (exact) mass is 223 g/mol. The minimum Gasteiger partial charge on any atom is -0.326 e. The third-order valence-electron chi connectivity index (χ3n) is 2.54. The van der Waals surface area contributed by atoms with Crippen molar-refractivity contribution in [3.8, 4) is 0 Å². The predicted molar refractivity (Wildman–Crippen MR) is 64.2 cm³/mol. The molecule has 1 aromatic rings. The van der Waals surface area contributed by atoms with E-state index >= 15 is 0 Å². The zero-order valence-electron chi connectivity index (χ0n) is 10.0. The molecule has 0 unspecified atom stereocenters. The van der Waals surface area contributed by atoms with E-state index in [1.165, 1.54) is 0 Å². The Labute approximate surface area is 95.9 Å². The molecule has 16 heavy (non-hydrogen) atoms. The highest BCUT2D eigenvalue weighted by molar-refractivity contribution is 5.94. The van der Waals surface area contributed by atoms with Gasteiger partial charge in [0, 0.05) is 5.69 Å². The molecule has 0 fully saturated rings. The van der Waals surface area contributed by atoms with Gasteiger partial charge in [0.25, 0.3) is 0 Å². The molecule has 0 radical (unpaired) electrons. The van der Waals surface area contributed by atoms with Gasteiger partial charge < -0.3 is 5.32 Å². The molecule has 0 saturated carbocycles. The van der Waals surface area contributed by atoms with Crippen LogP contribution in [-0.4, -0.2) is 12.6 Å². The van der Waals surface area contributed by atoms with Crippen LogP contribution < -0.4 is 5.32 Å². The van der Waals surface area contributed by atoms with Crippen molar-refractivity contribution < 1.29 is 9.18 Å². The summed E-state index contributed by atoms with van der Waals surface area (Å²) in [6.07, 6.45) is 0.913. The summed E-state index contributed by atoms with van der Waals surface area (Å²) in [7, 11) is 0. The third-order valence-corrected chi connectivity index (χ3v) is 2.54. The maximum absolute atomic E-state index is 12.6. The van der Waals surface area contributed by atoms with Gasteiger partial charge in [-0.15, -0.1) is 0 Å². The summed E-state index contributed by atoms with van der Waals surface area (Å²) in [5, 5.41) is 2.73. The van der Waals surface area contributed by atoms with Crippen molar-refractivity contribution in [3.63, 3.8) is 0 Å². The largest absolute Gasteiger partial charge is 0.326 e. The smallest absolute Gasteiger partial charge is 0.232 e. The molecule has 0 bridgehead atoms. The molecule has 0 aliphatic rings. The molecule has 2 nitrogen and oxygen atoms in total. The van der Waals surface area contributed by atoms with Gasteiger partial charge in [-0.05, 0) is 38.0 Å². The number of alkyl halides is 1. The Morgan fingerprint density at radius 1 is 1.44 bits per heavy atom. The number of benzene rings is 1. The number of rotatable bonds is 4. The molecule has 1 amide bonds. The fraction of sp³-hybridized carbons (Fsp3) is 0.462. The molecule has 3 heteroatoms. The Morgan fingerprint density at radius 3 is 2.69 bits per heavy atom. The lowest BCUT2D eigenvalue weighted by molar-refractivity contribution is -0.124. The molecular formula is C13H18FNO. The van der Waals surface area contributed by atoms with Crippen molar-refractivity contribution in [1.82, 2.24) is 0 Å². The van der Waals surface area contributed by atoms with Crippen molar-refractivity contribution in [2.75, 3.05) is 12.0 Å². The second-order valence-corrected chi connectivity index (χ2v) is 4.53. The standard InChI is InChI=1S/C13H18FNO/c1-4-10-6-5-7-11(8-10)15-12(16)13(2,3)9-14/h5-8H,4,9H2,1-3H3,(H,15,16). The molecule has 0 atom stereocenters. The van der Waals surface area contributed by atoms with E-state index in [0.29, 0.717) is 0 Å². The van der Waals surface area contributed by atoms with Crippen LogP contribution in [0.1, 0.15) is 26.3 Å². The van der Waals surface area contributed by atoms with Gasteiger partial charge in [0.1, 0.15) is 6.67 Å². The maximum atomic E-state index is 12.6. The van der Waals surface area contributed by atoms with Crippen LogP contribution in [0.2, 0.25) is 0 Å². The van der Waals surface area contributed by atoms with Crippen molar-refractivity contribution in [2.24, 2.45) is 5.41 Å². The summed E-state index contributed by atoms with van der Waals surface area (Å²) in [5.74, 6) is -0.289. The van der Waals surface area contributed by atoms with E-state index in [1.54, 1.807) is 13.8 Å². The van der Waals surface area contributed by atoms with Crippen LogP contribution in [0.3, 0.4) is 0 Å². The highest BCUT2D eigenvalue weighted by atomic mass is 19.1. The van der Waals surface area contributed by atoms with Gasteiger partial charge in [0.2, 0.25) is 5.91 Å². The minimum atomic E-state index is -0.970. The summed E-state index contributed by atoms with van der Waals surface area (Å²) in [5.41, 5.74) is 0.907. The Kier molecular flexibility index (Phi) is 4.05. The van der Waals surface area contributed by atoms with Crippen LogP contribution in [-0.2, 0) is 11.2 Å². The highest BCUT2D eigenvalue weighted by Crippen LogP contribution is 2.19. The van der Waals surface area contributed by atoms with Crippen LogP contribution in [0.4, 0.5) is 10.1 Å². The van der Waals surface area contributed by atoms with Crippen molar-refractivity contribution in [1.29, 1.82) is 0 Å². The third kappa shape index (κ3) is 3.05. The van der Waals surface area contributed by atoms with Crippen LogP contribution >= 0.6 is 0 Å². The molecule has 0 aromatic heterocycles. The Balaban J connectivity index is 2.77. The zero-order chi connectivity index (χ0) is 12.2. The van der Waals surface area contributed by atoms with Gasteiger partial charge in [-0.2, -0.15) is 0 Å². The molecule has 0 heterocycles. The zero-order valence-corrected chi connectivity index (χ0v) is 10.0. The fourth-order valence-corrected chi connectivity index (χ4v) is 1.23. The van der Waals surface area contributed by atoms with E-state index in [1.807, 2.05) is 31.2 Å². The van der Waals surface area contributed by atoms with Crippen LogP contribution in [0, 0.1) is 5.41 Å². The van der Waals surface area contributed by atoms with E-state index in [0.717, 1.165) is 17.7 Å². The SMILES string of the molecule is CCc1cccc(NC(=O)C(C)(C)CF)c1. The van der Waals surface area contributed by atoms with Gasteiger partial charge in [0.15, 0.2) is 0 Å². The van der Waals surface area contributed by atoms with Gasteiger partial charge >= 0.3 is 0 Å². The molecule has 0 spiro atoms. The highest BCUT2D eigenvalue weighted by Gasteiger charge is 2.27. The quantitative estimate of drug-likeness (QED) is 0.834. The number of aryl methyl sites for hydroxylation is 1.